The van der Waals surface area contributed by atoms with Gasteiger partial charge in [-0.25, -0.2) is 0 Å². The lowest BCUT2D eigenvalue weighted by molar-refractivity contribution is 0.158. The van der Waals surface area contributed by atoms with Gasteiger partial charge in [0.2, 0.25) is 0 Å². The number of hydrogen-bond acceptors (Lipinski definition) is 2. The molecule has 0 atom stereocenters. The van der Waals surface area contributed by atoms with Crippen molar-refractivity contribution < 1.29 is 4.84 Å². The van der Waals surface area contributed by atoms with Gasteiger partial charge in [-0.1, -0.05) is 5.16 Å². The highest BCUT2D eigenvalue weighted by Gasteiger charge is 1.73. The fourth-order valence-corrected chi connectivity index (χ4v) is 0.194. The quantitative estimate of drug-likeness (QED) is 0.380. The molecule has 0 bridgehead atoms. The maximum absolute atomic E-state index is 4.68. The second-order valence-electron chi connectivity index (χ2n) is 1.46. The normalized spacial score (nSPS) is 7.86. The molecule has 0 aromatic rings. The minimum Gasteiger partial charge on any atom is -0.396 e. The molecule has 0 rings (SSSR count). The summed E-state index contributed by atoms with van der Waals surface area (Å²) >= 11 is 0. The lowest BCUT2D eigenvalue weighted by atomic mass is 10.5. The van der Waals surface area contributed by atoms with Crippen molar-refractivity contribution >= 4 is 5.71 Å². The Labute approximate surface area is 44.2 Å². The summed E-state index contributed by atoms with van der Waals surface area (Å²) in [7, 11) is 0. The molecule has 0 radical (unpaired) electrons. The Hall–Kier alpha value is -0.530. The molecular weight excluding hydrogens is 90.1 g/mol. The maximum atomic E-state index is 4.68. The highest BCUT2D eigenvalue weighted by atomic mass is 16.6. The van der Waals surface area contributed by atoms with Gasteiger partial charge in [-0.15, -0.1) is 0 Å². The highest BCUT2D eigenvalue weighted by molar-refractivity contribution is 5.78. The second-order valence-corrected chi connectivity index (χ2v) is 1.46. The molecule has 0 heterocycles. The molecule has 0 N–H and O–H groups in total. The number of rotatable bonds is 2. The van der Waals surface area contributed by atoms with Crippen LogP contribution in [0.5, 0.6) is 0 Å². The molecule has 2 nitrogen and oxygen atoms in total. The molecule has 0 aliphatic heterocycles. The lowest BCUT2D eigenvalue weighted by Gasteiger charge is -1.89. The van der Waals surface area contributed by atoms with Crippen LogP contribution >= 0.6 is 0 Å². The van der Waals surface area contributed by atoms with E-state index >= 15 is 0 Å². The Morgan fingerprint density at radius 1 is 1.57 bits per heavy atom. The molecule has 0 aromatic heterocycles. The largest absolute Gasteiger partial charge is 0.396 e. The van der Waals surface area contributed by atoms with Crippen molar-refractivity contribution in [3.8, 4) is 0 Å². The Morgan fingerprint density at radius 2 is 2.14 bits per heavy atom. The minimum absolute atomic E-state index is 0.658. The van der Waals surface area contributed by atoms with Crippen LogP contribution in [0.4, 0.5) is 0 Å². The van der Waals surface area contributed by atoms with Crippen LogP contribution < -0.4 is 0 Å². The summed E-state index contributed by atoms with van der Waals surface area (Å²) < 4.78 is 0. The molecule has 0 unspecified atom stereocenters. The zero-order chi connectivity index (χ0) is 5.70. The van der Waals surface area contributed by atoms with Crippen LogP contribution in [0.3, 0.4) is 0 Å². The van der Waals surface area contributed by atoms with Crippen molar-refractivity contribution in [2.75, 3.05) is 6.61 Å². The van der Waals surface area contributed by atoms with E-state index in [1.54, 1.807) is 0 Å². The van der Waals surface area contributed by atoms with E-state index in [0.717, 1.165) is 5.71 Å². The zero-order valence-electron chi connectivity index (χ0n) is 5.06. The van der Waals surface area contributed by atoms with Crippen LogP contribution in [0.1, 0.15) is 20.8 Å². The number of nitrogens with zero attached hydrogens (tertiary/aromatic N) is 1. The van der Waals surface area contributed by atoms with Gasteiger partial charge in [0.15, 0.2) is 0 Å². The molecule has 0 fully saturated rings. The van der Waals surface area contributed by atoms with E-state index in [-0.39, 0.29) is 0 Å². The Morgan fingerprint density at radius 3 is 2.29 bits per heavy atom. The third kappa shape index (κ3) is 5.47. The molecule has 0 saturated carbocycles. The summed E-state index contributed by atoms with van der Waals surface area (Å²) in [4.78, 5) is 4.68. The van der Waals surface area contributed by atoms with Crippen LogP contribution in [0.2, 0.25) is 0 Å². The first kappa shape index (κ1) is 6.47. The molecule has 0 aliphatic carbocycles. The average molecular weight is 101 g/mol. The SMILES string of the molecule is CCON=C(C)C. The molecule has 0 aromatic carbocycles. The maximum Gasteiger partial charge on any atom is 0.114 e. The summed E-state index contributed by atoms with van der Waals surface area (Å²) in [5, 5.41) is 3.66. The van der Waals surface area contributed by atoms with Crippen molar-refractivity contribution in [1.82, 2.24) is 0 Å². The van der Waals surface area contributed by atoms with E-state index in [1.165, 1.54) is 0 Å². The van der Waals surface area contributed by atoms with Gasteiger partial charge in [-0.3, -0.25) is 0 Å². The molecule has 0 aliphatic rings. The Bertz CT molecular complexity index is 64.5. The predicted molar refractivity (Wildman–Crippen MR) is 30.4 cm³/mol. The van der Waals surface area contributed by atoms with Crippen LogP contribution in [0, 0.1) is 0 Å². The third-order valence-corrected chi connectivity index (χ3v) is 0.376. The minimum atomic E-state index is 0.658. The summed E-state index contributed by atoms with van der Waals surface area (Å²) in [6.07, 6.45) is 0. The van der Waals surface area contributed by atoms with E-state index in [9.17, 15) is 0 Å². The topological polar surface area (TPSA) is 21.6 Å². The second kappa shape index (κ2) is 3.65. The molecule has 42 valence electrons. The van der Waals surface area contributed by atoms with Crippen molar-refractivity contribution in [3.05, 3.63) is 0 Å². The Kier molecular flexibility index (Phi) is 3.38. The molecular formula is C5H11NO. The van der Waals surface area contributed by atoms with Crippen LogP contribution in [-0.4, -0.2) is 12.3 Å². The fraction of sp³-hybridized carbons (Fsp3) is 0.800. The smallest absolute Gasteiger partial charge is 0.114 e. The molecule has 0 saturated heterocycles. The van der Waals surface area contributed by atoms with Crippen molar-refractivity contribution in [3.63, 3.8) is 0 Å². The van der Waals surface area contributed by atoms with E-state index in [1.807, 2.05) is 20.8 Å². The van der Waals surface area contributed by atoms with Gasteiger partial charge in [0.1, 0.15) is 6.61 Å². The first-order valence-electron chi connectivity index (χ1n) is 2.40. The van der Waals surface area contributed by atoms with Gasteiger partial charge in [-0.2, -0.15) is 0 Å². The first-order chi connectivity index (χ1) is 3.27. The summed E-state index contributed by atoms with van der Waals surface area (Å²) in [6.45, 7) is 6.36. The highest BCUT2D eigenvalue weighted by Crippen LogP contribution is 1.76. The molecule has 2 heteroatoms. The van der Waals surface area contributed by atoms with Gasteiger partial charge < -0.3 is 4.84 Å². The van der Waals surface area contributed by atoms with E-state index in [0.29, 0.717) is 6.61 Å². The van der Waals surface area contributed by atoms with Gasteiger partial charge in [0.05, 0.1) is 5.71 Å². The summed E-state index contributed by atoms with van der Waals surface area (Å²) in [5.41, 5.74) is 0.960. The summed E-state index contributed by atoms with van der Waals surface area (Å²) in [5.74, 6) is 0. The molecule has 0 amide bonds. The fourth-order valence-electron chi connectivity index (χ4n) is 0.194. The van der Waals surface area contributed by atoms with Gasteiger partial charge in [-0.05, 0) is 20.8 Å². The van der Waals surface area contributed by atoms with E-state index in [2.05, 4.69) is 9.99 Å². The van der Waals surface area contributed by atoms with Crippen LogP contribution in [0.25, 0.3) is 0 Å². The molecule has 0 spiro atoms. The van der Waals surface area contributed by atoms with Crippen molar-refractivity contribution in [2.24, 2.45) is 5.16 Å². The van der Waals surface area contributed by atoms with Crippen molar-refractivity contribution in [1.29, 1.82) is 0 Å². The Balaban J connectivity index is 3.08. The lowest BCUT2D eigenvalue weighted by Crippen LogP contribution is -1.84. The third-order valence-electron chi connectivity index (χ3n) is 0.376. The zero-order valence-corrected chi connectivity index (χ0v) is 5.06. The van der Waals surface area contributed by atoms with E-state index < -0.39 is 0 Å². The van der Waals surface area contributed by atoms with E-state index in [4.69, 9.17) is 0 Å². The standard InChI is InChI=1S/C5H11NO/c1-4-7-6-5(2)3/h4H2,1-3H3. The average Bonchev–Trinajstić information content (AvgIpc) is 1.61. The van der Waals surface area contributed by atoms with Crippen LogP contribution in [0.15, 0.2) is 5.16 Å². The molecule has 7 heavy (non-hydrogen) atoms. The van der Waals surface area contributed by atoms with Crippen molar-refractivity contribution in [2.45, 2.75) is 20.8 Å². The number of oxime groups is 1. The monoisotopic (exact) mass is 101 g/mol. The van der Waals surface area contributed by atoms with Crippen LogP contribution in [-0.2, 0) is 4.84 Å². The van der Waals surface area contributed by atoms with Gasteiger partial charge in [0, 0.05) is 0 Å². The predicted octanol–water partition coefficient (Wildman–Crippen LogP) is 1.42. The van der Waals surface area contributed by atoms with Gasteiger partial charge >= 0.3 is 0 Å². The summed E-state index contributed by atoms with van der Waals surface area (Å²) in [6, 6.07) is 0. The van der Waals surface area contributed by atoms with Gasteiger partial charge in [0.25, 0.3) is 0 Å². The number of hydrogen-bond donors (Lipinski definition) is 0. The first-order valence-corrected chi connectivity index (χ1v) is 2.40.